The van der Waals surface area contributed by atoms with Crippen molar-refractivity contribution >= 4 is 19.6 Å². The van der Waals surface area contributed by atoms with Gasteiger partial charge in [0, 0.05) is 0 Å². The number of carbonyl (C=O) groups excluding carboxylic acids is 1. The van der Waals surface area contributed by atoms with Gasteiger partial charge in [-0.15, -0.1) is 0 Å². The molecule has 0 spiro atoms. The first-order chi connectivity index (χ1) is 6.29. The Kier molecular flexibility index (Phi) is 4.00. The Labute approximate surface area is 84.4 Å². The Morgan fingerprint density at radius 2 is 2.15 bits per heavy atom. The molecule has 1 aromatic rings. The van der Waals surface area contributed by atoms with Gasteiger partial charge in [-0.1, -0.05) is 0 Å². The first-order valence-corrected chi connectivity index (χ1v) is 6.16. The fourth-order valence-corrected chi connectivity index (χ4v) is 2.25. The molecule has 0 radical (unpaired) electrons. The summed E-state index contributed by atoms with van der Waals surface area (Å²) in [7, 11) is 1.59. The van der Waals surface area contributed by atoms with Gasteiger partial charge in [0.2, 0.25) is 0 Å². The Hall–Kier alpha value is -0.791. The summed E-state index contributed by atoms with van der Waals surface area (Å²) in [5, 5.41) is 0.934. The van der Waals surface area contributed by atoms with Crippen molar-refractivity contribution in [3.63, 3.8) is 0 Å². The second-order valence-electron chi connectivity index (χ2n) is 2.42. The molecular formula is C10H12O2Se. The van der Waals surface area contributed by atoms with Gasteiger partial charge in [0.15, 0.2) is 0 Å². The van der Waals surface area contributed by atoms with E-state index < -0.39 is 0 Å². The van der Waals surface area contributed by atoms with Crippen LogP contribution in [-0.4, -0.2) is 26.7 Å². The van der Waals surface area contributed by atoms with Gasteiger partial charge in [-0.25, -0.2) is 0 Å². The van der Waals surface area contributed by atoms with Crippen molar-refractivity contribution in [2.75, 3.05) is 7.11 Å². The van der Waals surface area contributed by atoms with Crippen molar-refractivity contribution in [2.24, 2.45) is 0 Å². The van der Waals surface area contributed by atoms with Crippen LogP contribution in [-0.2, 0) is 0 Å². The molecule has 2 nitrogen and oxygen atoms in total. The van der Waals surface area contributed by atoms with Crippen LogP contribution in [0.5, 0.6) is 5.75 Å². The average molecular weight is 243 g/mol. The third-order valence-corrected chi connectivity index (χ3v) is 3.22. The molecule has 0 aliphatic rings. The van der Waals surface area contributed by atoms with Crippen molar-refractivity contribution in [1.82, 2.24) is 0 Å². The van der Waals surface area contributed by atoms with Crippen molar-refractivity contribution in [3.05, 3.63) is 29.8 Å². The van der Waals surface area contributed by atoms with Crippen LogP contribution in [0.15, 0.2) is 24.3 Å². The van der Waals surface area contributed by atoms with Gasteiger partial charge >= 0.3 is 84.1 Å². The minimum atomic E-state index is 0.0502. The number of hydrogen-bond acceptors (Lipinski definition) is 2. The molecule has 0 aromatic heterocycles. The molecule has 0 amide bonds. The first kappa shape index (κ1) is 10.3. The Morgan fingerprint density at radius 1 is 1.46 bits per heavy atom. The molecule has 1 rings (SSSR count). The van der Waals surface area contributed by atoms with Crippen LogP contribution in [0.4, 0.5) is 0 Å². The molecule has 1 aromatic carbocycles. The standard InChI is InChI=1S/C10H12O2Se/c1-3-13-10(11)8-6-4-5-7-9(8)12-2/h4-7H,3H2,1-2H3. The molecule has 0 atom stereocenters. The Bertz CT molecular complexity index is 297. The summed E-state index contributed by atoms with van der Waals surface area (Å²) in [6.07, 6.45) is 0. The van der Waals surface area contributed by atoms with E-state index in [1.165, 1.54) is 0 Å². The van der Waals surface area contributed by atoms with Crippen LogP contribution < -0.4 is 4.74 Å². The van der Waals surface area contributed by atoms with Gasteiger partial charge in [0.1, 0.15) is 0 Å². The van der Waals surface area contributed by atoms with Crippen molar-refractivity contribution in [3.8, 4) is 5.75 Å². The molecule has 0 unspecified atom stereocenters. The molecule has 0 fully saturated rings. The van der Waals surface area contributed by atoms with Crippen LogP contribution in [0.3, 0.4) is 0 Å². The maximum atomic E-state index is 11.6. The molecule has 70 valence electrons. The van der Waals surface area contributed by atoms with E-state index in [2.05, 4.69) is 0 Å². The quantitative estimate of drug-likeness (QED) is 0.756. The number of para-hydroxylation sites is 1. The number of hydrogen-bond donors (Lipinski definition) is 0. The topological polar surface area (TPSA) is 26.3 Å². The molecule has 0 heterocycles. The number of benzene rings is 1. The van der Waals surface area contributed by atoms with E-state index in [-0.39, 0.29) is 19.6 Å². The summed E-state index contributed by atoms with van der Waals surface area (Å²) < 4.78 is 5.32. The van der Waals surface area contributed by atoms with Gasteiger partial charge < -0.3 is 0 Å². The molecule has 0 bridgehead atoms. The van der Waals surface area contributed by atoms with E-state index in [0.29, 0.717) is 11.3 Å². The summed E-state index contributed by atoms with van der Waals surface area (Å²) in [4.78, 5) is 11.6. The van der Waals surface area contributed by atoms with Crippen molar-refractivity contribution in [1.29, 1.82) is 0 Å². The average Bonchev–Trinajstić information content (AvgIpc) is 2.18. The fraction of sp³-hybridized carbons (Fsp3) is 0.300. The summed E-state index contributed by atoms with van der Waals surface area (Å²) in [6.45, 7) is 2.02. The molecule has 0 aliphatic heterocycles. The van der Waals surface area contributed by atoms with Crippen LogP contribution >= 0.6 is 0 Å². The zero-order valence-corrected chi connectivity index (χ0v) is 9.45. The van der Waals surface area contributed by atoms with Gasteiger partial charge in [0.05, 0.1) is 0 Å². The SMILES string of the molecule is CC[Se]C(=O)c1ccccc1OC. The molecule has 13 heavy (non-hydrogen) atoms. The second-order valence-corrected chi connectivity index (χ2v) is 5.02. The van der Waals surface area contributed by atoms with Gasteiger partial charge in [-0.05, 0) is 0 Å². The zero-order chi connectivity index (χ0) is 9.68. The van der Waals surface area contributed by atoms with Crippen molar-refractivity contribution < 1.29 is 9.53 Å². The second kappa shape index (κ2) is 5.05. The molecule has 0 aliphatic carbocycles. The predicted octanol–water partition coefficient (Wildman–Crippen LogP) is 1.98. The van der Waals surface area contributed by atoms with E-state index in [1.54, 1.807) is 7.11 Å². The van der Waals surface area contributed by atoms with Crippen LogP contribution in [0, 0.1) is 0 Å². The van der Waals surface area contributed by atoms with Crippen molar-refractivity contribution in [2.45, 2.75) is 12.2 Å². The fourth-order valence-electron chi connectivity index (χ4n) is 1.02. The molecule has 0 N–H and O–H groups in total. The molecule has 0 saturated heterocycles. The summed E-state index contributed by atoms with van der Waals surface area (Å²) in [5.41, 5.74) is 0.715. The van der Waals surface area contributed by atoms with Gasteiger partial charge in [-0.3, -0.25) is 0 Å². The summed E-state index contributed by atoms with van der Waals surface area (Å²) in [6, 6.07) is 7.37. The number of rotatable bonds is 4. The molecule has 3 heteroatoms. The zero-order valence-electron chi connectivity index (χ0n) is 7.74. The summed E-state index contributed by atoms with van der Waals surface area (Å²) >= 11 is 0.0502. The number of carbonyl (C=O) groups is 1. The Balaban J connectivity index is 2.92. The van der Waals surface area contributed by atoms with Crippen LogP contribution in [0.2, 0.25) is 5.32 Å². The van der Waals surface area contributed by atoms with E-state index in [0.717, 1.165) is 5.32 Å². The molecular weight excluding hydrogens is 231 g/mol. The Morgan fingerprint density at radius 3 is 2.77 bits per heavy atom. The monoisotopic (exact) mass is 244 g/mol. The van der Waals surface area contributed by atoms with E-state index in [9.17, 15) is 4.79 Å². The van der Waals surface area contributed by atoms with Crippen LogP contribution in [0.25, 0.3) is 0 Å². The number of ether oxygens (including phenoxy) is 1. The van der Waals surface area contributed by atoms with E-state index >= 15 is 0 Å². The van der Waals surface area contributed by atoms with E-state index in [4.69, 9.17) is 4.74 Å². The first-order valence-electron chi connectivity index (χ1n) is 4.09. The minimum absolute atomic E-state index is 0.0502. The van der Waals surface area contributed by atoms with Gasteiger partial charge in [0.25, 0.3) is 0 Å². The normalized spacial score (nSPS) is 9.69. The maximum absolute atomic E-state index is 11.6. The third-order valence-electron chi connectivity index (χ3n) is 1.60. The summed E-state index contributed by atoms with van der Waals surface area (Å²) in [5.74, 6) is 0.683. The number of methoxy groups -OCH3 is 1. The third kappa shape index (κ3) is 2.58. The predicted molar refractivity (Wildman–Crippen MR) is 53.6 cm³/mol. The van der Waals surface area contributed by atoms with Gasteiger partial charge in [-0.2, -0.15) is 0 Å². The van der Waals surface area contributed by atoms with E-state index in [1.807, 2.05) is 31.2 Å². The molecule has 0 saturated carbocycles. The van der Waals surface area contributed by atoms with Crippen LogP contribution in [0.1, 0.15) is 17.3 Å².